The second kappa shape index (κ2) is 3.46. The normalized spacial score (nSPS) is 25.6. The zero-order valence-corrected chi connectivity index (χ0v) is 8.20. The van der Waals surface area contributed by atoms with Crippen molar-refractivity contribution in [1.29, 1.82) is 0 Å². The van der Waals surface area contributed by atoms with Crippen LogP contribution in [0.3, 0.4) is 0 Å². The van der Waals surface area contributed by atoms with E-state index in [1.807, 2.05) is 19.1 Å². The third kappa shape index (κ3) is 1.80. The highest BCUT2D eigenvalue weighted by Crippen LogP contribution is 2.25. The summed E-state index contributed by atoms with van der Waals surface area (Å²) in [6.07, 6.45) is 1.42. The zero-order valence-electron chi connectivity index (χ0n) is 8.20. The van der Waals surface area contributed by atoms with Gasteiger partial charge >= 0.3 is 0 Å². The first kappa shape index (κ1) is 9.27. The Morgan fingerprint density at radius 2 is 2.21 bits per heavy atom. The van der Waals surface area contributed by atoms with Crippen molar-refractivity contribution in [1.82, 2.24) is 4.98 Å². The Morgan fingerprint density at radius 3 is 2.86 bits per heavy atom. The molecule has 0 atom stereocenters. The molecule has 0 aromatic carbocycles. The van der Waals surface area contributed by atoms with Crippen LogP contribution in [0.5, 0.6) is 0 Å². The summed E-state index contributed by atoms with van der Waals surface area (Å²) in [6.45, 7) is 1.93. The number of nitrogens with zero attached hydrogens (tertiary/aromatic N) is 1. The molecular formula is C10H15N3O. The predicted molar refractivity (Wildman–Crippen MR) is 56.0 cm³/mol. The first-order chi connectivity index (χ1) is 6.65. The first-order valence-corrected chi connectivity index (χ1v) is 4.83. The standard InChI is InChI=1S/C10H15N3O/c1-6-2-3-9(11)10(12-6)13-7-4-8(14)5-7/h2-3,7-8,14H,4-5,11H2,1H3,(H,12,13). The van der Waals surface area contributed by atoms with Crippen LogP contribution >= 0.6 is 0 Å². The maximum absolute atomic E-state index is 9.13. The summed E-state index contributed by atoms with van der Waals surface area (Å²) >= 11 is 0. The molecule has 2 rings (SSSR count). The molecule has 1 aliphatic rings. The first-order valence-electron chi connectivity index (χ1n) is 4.83. The second-order valence-corrected chi connectivity index (χ2v) is 3.86. The van der Waals surface area contributed by atoms with E-state index in [2.05, 4.69) is 10.3 Å². The Hall–Kier alpha value is -1.29. The van der Waals surface area contributed by atoms with Crippen LogP contribution in [0.25, 0.3) is 0 Å². The fourth-order valence-corrected chi connectivity index (χ4v) is 1.58. The van der Waals surface area contributed by atoms with Gasteiger partial charge in [-0.15, -0.1) is 0 Å². The van der Waals surface area contributed by atoms with Crippen LogP contribution in [-0.2, 0) is 0 Å². The highest BCUT2D eigenvalue weighted by molar-refractivity contribution is 5.61. The summed E-state index contributed by atoms with van der Waals surface area (Å²) in [4.78, 5) is 4.30. The molecule has 4 heteroatoms. The number of nitrogen functional groups attached to an aromatic ring is 1. The van der Waals surface area contributed by atoms with E-state index in [-0.39, 0.29) is 6.10 Å². The number of nitrogens with two attached hydrogens (primary N) is 1. The maximum atomic E-state index is 9.13. The molecule has 0 spiro atoms. The largest absolute Gasteiger partial charge is 0.396 e. The van der Waals surface area contributed by atoms with E-state index in [0.29, 0.717) is 11.7 Å². The molecule has 0 unspecified atom stereocenters. The monoisotopic (exact) mass is 193 g/mol. The molecule has 1 saturated carbocycles. The van der Waals surface area contributed by atoms with Crippen LogP contribution in [0.15, 0.2) is 12.1 Å². The third-order valence-corrected chi connectivity index (χ3v) is 2.52. The van der Waals surface area contributed by atoms with Gasteiger partial charge in [-0.05, 0) is 31.9 Å². The Morgan fingerprint density at radius 1 is 1.50 bits per heavy atom. The van der Waals surface area contributed by atoms with Gasteiger partial charge in [0.1, 0.15) is 5.82 Å². The molecule has 76 valence electrons. The molecule has 4 N–H and O–H groups in total. The van der Waals surface area contributed by atoms with Crippen LogP contribution in [0.1, 0.15) is 18.5 Å². The van der Waals surface area contributed by atoms with Gasteiger partial charge in [0, 0.05) is 11.7 Å². The molecule has 0 bridgehead atoms. The Labute approximate surface area is 83.2 Å². The Balaban J connectivity index is 2.05. The van der Waals surface area contributed by atoms with Gasteiger partial charge in [0.15, 0.2) is 0 Å². The summed E-state index contributed by atoms with van der Waals surface area (Å²) < 4.78 is 0. The summed E-state index contributed by atoms with van der Waals surface area (Å²) in [5.41, 5.74) is 7.37. The van der Waals surface area contributed by atoms with Gasteiger partial charge in [-0.1, -0.05) is 0 Å². The van der Waals surface area contributed by atoms with Crippen molar-refractivity contribution in [3.8, 4) is 0 Å². The molecular weight excluding hydrogens is 178 g/mol. The van der Waals surface area contributed by atoms with Crippen LogP contribution in [-0.4, -0.2) is 22.2 Å². The van der Waals surface area contributed by atoms with Gasteiger partial charge in [0.2, 0.25) is 0 Å². The number of aromatic nitrogens is 1. The molecule has 4 nitrogen and oxygen atoms in total. The van der Waals surface area contributed by atoms with E-state index in [1.165, 1.54) is 0 Å². The molecule has 0 amide bonds. The van der Waals surface area contributed by atoms with Gasteiger partial charge in [-0.2, -0.15) is 0 Å². The number of aliphatic hydroxyl groups excluding tert-OH is 1. The molecule has 1 fully saturated rings. The van der Waals surface area contributed by atoms with E-state index < -0.39 is 0 Å². The fourth-order valence-electron chi connectivity index (χ4n) is 1.58. The van der Waals surface area contributed by atoms with Crippen LogP contribution in [0.2, 0.25) is 0 Å². The Kier molecular flexibility index (Phi) is 2.29. The quantitative estimate of drug-likeness (QED) is 0.652. The van der Waals surface area contributed by atoms with Crippen molar-refractivity contribution in [2.24, 2.45) is 0 Å². The van der Waals surface area contributed by atoms with Crippen molar-refractivity contribution in [3.63, 3.8) is 0 Å². The van der Waals surface area contributed by atoms with Crippen molar-refractivity contribution in [2.75, 3.05) is 11.1 Å². The lowest BCUT2D eigenvalue weighted by Gasteiger charge is -2.32. The highest BCUT2D eigenvalue weighted by Gasteiger charge is 2.27. The molecule has 0 radical (unpaired) electrons. The number of hydrogen-bond acceptors (Lipinski definition) is 4. The van der Waals surface area contributed by atoms with Gasteiger partial charge < -0.3 is 16.2 Å². The van der Waals surface area contributed by atoms with Crippen LogP contribution in [0, 0.1) is 6.92 Å². The van der Waals surface area contributed by atoms with E-state index in [4.69, 9.17) is 10.8 Å². The van der Waals surface area contributed by atoms with Crippen molar-refractivity contribution >= 4 is 11.5 Å². The summed E-state index contributed by atoms with van der Waals surface area (Å²) in [5.74, 6) is 0.738. The number of pyridine rings is 1. The molecule has 0 aliphatic heterocycles. The second-order valence-electron chi connectivity index (χ2n) is 3.86. The fraction of sp³-hybridized carbons (Fsp3) is 0.500. The van der Waals surface area contributed by atoms with E-state index in [0.717, 1.165) is 24.4 Å². The van der Waals surface area contributed by atoms with Crippen LogP contribution < -0.4 is 11.1 Å². The van der Waals surface area contributed by atoms with E-state index >= 15 is 0 Å². The molecule has 1 aromatic heterocycles. The van der Waals surface area contributed by atoms with E-state index in [1.54, 1.807) is 0 Å². The minimum Gasteiger partial charge on any atom is -0.396 e. The molecule has 1 heterocycles. The minimum absolute atomic E-state index is 0.154. The smallest absolute Gasteiger partial charge is 0.149 e. The SMILES string of the molecule is Cc1ccc(N)c(NC2CC(O)C2)n1. The van der Waals surface area contributed by atoms with Gasteiger partial charge in [0.05, 0.1) is 11.8 Å². The minimum atomic E-state index is -0.154. The zero-order chi connectivity index (χ0) is 10.1. The highest BCUT2D eigenvalue weighted by atomic mass is 16.3. The average Bonchev–Trinajstić information content (AvgIpc) is 2.09. The van der Waals surface area contributed by atoms with Crippen molar-refractivity contribution in [3.05, 3.63) is 17.8 Å². The summed E-state index contributed by atoms with van der Waals surface area (Å²) in [7, 11) is 0. The number of aliphatic hydroxyl groups is 1. The number of hydrogen-bond donors (Lipinski definition) is 3. The molecule has 14 heavy (non-hydrogen) atoms. The topological polar surface area (TPSA) is 71.2 Å². The Bertz CT molecular complexity index is 334. The molecule has 1 aromatic rings. The number of aryl methyl sites for hydroxylation is 1. The van der Waals surface area contributed by atoms with Gasteiger partial charge in [0.25, 0.3) is 0 Å². The number of rotatable bonds is 2. The third-order valence-electron chi connectivity index (χ3n) is 2.52. The lowest BCUT2D eigenvalue weighted by Crippen LogP contribution is -2.39. The van der Waals surface area contributed by atoms with Gasteiger partial charge in [-0.25, -0.2) is 4.98 Å². The lowest BCUT2D eigenvalue weighted by atomic mass is 9.89. The van der Waals surface area contributed by atoms with Gasteiger partial charge in [-0.3, -0.25) is 0 Å². The average molecular weight is 193 g/mol. The van der Waals surface area contributed by atoms with E-state index in [9.17, 15) is 0 Å². The van der Waals surface area contributed by atoms with Crippen molar-refractivity contribution in [2.45, 2.75) is 31.9 Å². The van der Waals surface area contributed by atoms with Crippen molar-refractivity contribution < 1.29 is 5.11 Å². The molecule has 0 saturated heterocycles. The predicted octanol–water partition coefficient (Wildman–Crippen LogP) is 0.907. The number of nitrogens with one attached hydrogen (secondary N) is 1. The molecule has 1 aliphatic carbocycles. The maximum Gasteiger partial charge on any atom is 0.149 e. The summed E-state index contributed by atoms with van der Waals surface area (Å²) in [5, 5.41) is 12.4. The lowest BCUT2D eigenvalue weighted by molar-refractivity contribution is 0.0835. The number of anilines is 2. The summed E-state index contributed by atoms with van der Waals surface area (Å²) in [6, 6.07) is 4.05. The van der Waals surface area contributed by atoms with Crippen LogP contribution in [0.4, 0.5) is 11.5 Å².